The number of hydrogen-bond acceptors (Lipinski definition) is 4. The fraction of sp³-hybridized carbons (Fsp3) is 0.435. The monoisotopic (exact) mass is 381 g/mol. The molecule has 0 heterocycles. The van der Waals surface area contributed by atoms with E-state index in [1.54, 1.807) is 0 Å². The summed E-state index contributed by atoms with van der Waals surface area (Å²) in [7, 11) is 0. The molecule has 150 valence electrons. The average molecular weight is 382 g/mol. The van der Waals surface area contributed by atoms with Crippen molar-refractivity contribution in [1.82, 2.24) is 10.2 Å². The van der Waals surface area contributed by atoms with Crippen LogP contribution >= 0.6 is 0 Å². The van der Waals surface area contributed by atoms with Crippen molar-refractivity contribution in [2.45, 2.75) is 63.5 Å². The lowest BCUT2D eigenvalue weighted by atomic mass is 9.95. The highest BCUT2D eigenvalue weighted by molar-refractivity contribution is 5.85. The Bertz CT molecular complexity index is 703. The van der Waals surface area contributed by atoms with Gasteiger partial charge in [-0.05, 0) is 30.4 Å². The van der Waals surface area contributed by atoms with Crippen LogP contribution in [0.4, 0.5) is 0 Å². The predicted octanol–water partition coefficient (Wildman–Crippen LogP) is 2.78. The third-order valence-electron chi connectivity index (χ3n) is 5.24. The SMILES string of the molecule is CCC[C@@H](N(Cc1ccccc1)Cc1ccccc1)[C@](N)(O)C(=O)NC1CC1. The van der Waals surface area contributed by atoms with E-state index >= 15 is 0 Å². The highest BCUT2D eigenvalue weighted by Crippen LogP contribution is 2.25. The number of amides is 1. The molecule has 0 aromatic heterocycles. The van der Waals surface area contributed by atoms with E-state index in [0.29, 0.717) is 19.5 Å². The molecular weight excluding hydrogens is 350 g/mol. The van der Waals surface area contributed by atoms with Gasteiger partial charge in [-0.2, -0.15) is 0 Å². The minimum absolute atomic E-state index is 0.154. The zero-order valence-corrected chi connectivity index (χ0v) is 16.6. The number of carbonyl (C=O) groups excluding carboxylic acids is 1. The average Bonchev–Trinajstić information content (AvgIpc) is 3.51. The van der Waals surface area contributed by atoms with Crippen molar-refractivity contribution < 1.29 is 9.90 Å². The second-order valence-electron chi connectivity index (χ2n) is 7.75. The van der Waals surface area contributed by atoms with Crippen LogP contribution < -0.4 is 11.1 Å². The van der Waals surface area contributed by atoms with Crippen LogP contribution in [-0.2, 0) is 17.9 Å². The summed E-state index contributed by atoms with van der Waals surface area (Å²) >= 11 is 0. The van der Waals surface area contributed by atoms with Gasteiger partial charge < -0.3 is 10.4 Å². The zero-order chi connectivity index (χ0) is 20.0. The lowest BCUT2D eigenvalue weighted by molar-refractivity contribution is -0.149. The number of nitrogens with two attached hydrogens (primary N) is 1. The Morgan fingerprint density at radius 1 is 1.11 bits per heavy atom. The highest BCUT2D eigenvalue weighted by atomic mass is 16.3. The van der Waals surface area contributed by atoms with Crippen LogP contribution in [0.5, 0.6) is 0 Å². The summed E-state index contributed by atoms with van der Waals surface area (Å²) in [6.45, 7) is 3.26. The number of nitrogens with one attached hydrogen (secondary N) is 1. The molecule has 0 unspecified atom stereocenters. The van der Waals surface area contributed by atoms with E-state index < -0.39 is 17.7 Å². The maximum Gasteiger partial charge on any atom is 0.268 e. The van der Waals surface area contributed by atoms with Gasteiger partial charge in [0, 0.05) is 19.1 Å². The molecule has 2 atom stereocenters. The molecule has 28 heavy (non-hydrogen) atoms. The van der Waals surface area contributed by atoms with Crippen LogP contribution in [-0.4, -0.2) is 33.7 Å². The second kappa shape index (κ2) is 9.32. The molecule has 0 bridgehead atoms. The Hall–Kier alpha value is -2.21. The van der Waals surface area contributed by atoms with Crippen molar-refractivity contribution in [3.8, 4) is 0 Å². The summed E-state index contributed by atoms with van der Waals surface area (Å²) < 4.78 is 0. The van der Waals surface area contributed by atoms with E-state index in [0.717, 1.165) is 30.4 Å². The molecule has 1 aliphatic carbocycles. The largest absolute Gasteiger partial charge is 0.366 e. The summed E-state index contributed by atoms with van der Waals surface area (Å²) in [5.74, 6) is -0.473. The van der Waals surface area contributed by atoms with Gasteiger partial charge in [0.25, 0.3) is 5.91 Å². The quantitative estimate of drug-likeness (QED) is 0.553. The van der Waals surface area contributed by atoms with Gasteiger partial charge in [-0.3, -0.25) is 15.4 Å². The molecule has 5 heteroatoms. The number of aliphatic hydroxyl groups is 1. The minimum atomic E-state index is -1.94. The fourth-order valence-electron chi connectivity index (χ4n) is 3.55. The maximum absolute atomic E-state index is 12.7. The first-order valence-corrected chi connectivity index (χ1v) is 10.1. The Labute approximate surface area is 167 Å². The fourth-order valence-corrected chi connectivity index (χ4v) is 3.55. The summed E-state index contributed by atoms with van der Waals surface area (Å²) in [5, 5.41) is 14.0. The van der Waals surface area contributed by atoms with Gasteiger partial charge in [0.15, 0.2) is 0 Å². The molecule has 5 nitrogen and oxygen atoms in total. The molecule has 1 saturated carbocycles. The van der Waals surface area contributed by atoms with Crippen LogP contribution in [0.15, 0.2) is 60.7 Å². The lowest BCUT2D eigenvalue weighted by Gasteiger charge is -2.40. The molecule has 4 N–H and O–H groups in total. The Morgan fingerprint density at radius 2 is 1.61 bits per heavy atom. The Balaban J connectivity index is 1.87. The van der Waals surface area contributed by atoms with Crippen molar-refractivity contribution in [3.63, 3.8) is 0 Å². The first-order valence-electron chi connectivity index (χ1n) is 10.1. The molecule has 3 rings (SSSR count). The molecule has 2 aromatic carbocycles. The second-order valence-corrected chi connectivity index (χ2v) is 7.75. The molecule has 1 fully saturated rings. The van der Waals surface area contributed by atoms with Crippen LogP contribution in [0.25, 0.3) is 0 Å². The van der Waals surface area contributed by atoms with Crippen molar-refractivity contribution >= 4 is 5.91 Å². The standard InChI is InChI=1S/C23H31N3O2/c1-2-9-21(23(24,28)22(27)25-20-14-15-20)26(16-18-10-5-3-6-11-18)17-19-12-7-4-8-13-19/h3-8,10-13,20-21,28H,2,9,14-17,24H2,1H3,(H,25,27)/t21-,23+/m1/s1. The van der Waals surface area contributed by atoms with Gasteiger partial charge in [-0.25, -0.2) is 0 Å². The lowest BCUT2D eigenvalue weighted by Crippen LogP contribution is -2.66. The van der Waals surface area contributed by atoms with Gasteiger partial charge in [0.2, 0.25) is 5.72 Å². The van der Waals surface area contributed by atoms with Crippen molar-refractivity contribution in [1.29, 1.82) is 0 Å². The molecule has 1 amide bonds. The molecule has 0 radical (unpaired) electrons. The van der Waals surface area contributed by atoms with E-state index in [-0.39, 0.29) is 6.04 Å². The molecule has 0 saturated heterocycles. The normalized spacial score (nSPS) is 17.1. The first-order chi connectivity index (χ1) is 13.5. The van der Waals surface area contributed by atoms with E-state index in [1.165, 1.54) is 0 Å². The predicted molar refractivity (Wildman–Crippen MR) is 111 cm³/mol. The molecular formula is C23H31N3O2. The summed E-state index contributed by atoms with van der Waals surface area (Å²) in [6.07, 6.45) is 3.36. The zero-order valence-electron chi connectivity index (χ0n) is 16.6. The molecule has 0 aliphatic heterocycles. The van der Waals surface area contributed by atoms with Gasteiger partial charge >= 0.3 is 0 Å². The van der Waals surface area contributed by atoms with Crippen molar-refractivity contribution in [2.24, 2.45) is 5.73 Å². The highest BCUT2D eigenvalue weighted by Gasteiger charge is 2.44. The van der Waals surface area contributed by atoms with Crippen molar-refractivity contribution in [3.05, 3.63) is 71.8 Å². The van der Waals surface area contributed by atoms with Gasteiger partial charge in [-0.15, -0.1) is 0 Å². The Kier molecular flexibility index (Phi) is 6.83. The van der Waals surface area contributed by atoms with E-state index in [2.05, 4.69) is 34.5 Å². The summed E-state index contributed by atoms with van der Waals surface area (Å²) in [4.78, 5) is 14.9. The maximum atomic E-state index is 12.7. The number of carbonyl (C=O) groups is 1. The third kappa shape index (κ3) is 5.41. The van der Waals surface area contributed by atoms with Crippen LogP contribution in [0.1, 0.15) is 43.7 Å². The third-order valence-corrected chi connectivity index (χ3v) is 5.24. The number of hydrogen-bond donors (Lipinski definition) is 3. The van der Waals surface area contributed by atoms with Crippen LogP contribution in [0.3, 0.4) is 0 Å². The van der Waals surface area contributed by atoms with Gasteiger partial charge in [-0.1, -0.05) is 74.0 Å². The van der Waals surface area contributed by atoms with Crippen molar-refractivity contribution in [2.75, 3.05) is 0 Å². The van der Waals surface area contributed by atoms with Gasteiger partial charge in [0.05, 0.1) is 6.04 Å². The molecule has 1 aliphatic rings. The Morgan fingerprint density at radius 3 is 2.04 bits per heavy atom. The molecule has 2 aromatic rings. The van der Waals surface area contributed by atoms with Crippen LogP contribution in [0.2, 0.25) is 0 Å². The number of rotatable bonds is 10. The summed E-state index contributed by atoms with van der Waals surface area (Å²) in [6, 6.07) is 19.9. The first kappa shape index (κ1) is 20.5. The van der Waals surface area contributed by atoms with E-state index in [9.17, 15) is 9.90 Å². The minimum Gasteiger partial charge on any atom is -0.366 e. The van der Waals surface area contributed by atoms with Gasteiger partial charge in [0.1, 0.15) is 0 Å². The topological polar surface area (TPSA) is 78.6 Å². The molecule has 0 spiro atoms. The number of benzene rings is 2. The van der Waals surface area contributed by atoms with Crippen LogP contribution in [0, 0.1) is 0 Å². The van der Waals surface area contributed by atoms with E-state index in [1.807, 2.05) is 43.3 Å². The summed E-state index contributed by atoms with van der Waals surface area (Å²) in [5.41, 5.74) is 6.58. The smallest absolute Gasteiger partial charge is 0.268 e. The van der Waals surface area contributed by atoms with E-state index in [4.69, 9.17) is 5.73 Å². The number of nitrogens with zero attached hydrogens (tertiary/aromatic N) is 1.